The Bertz CT molecular complexity index is 511. The lowest BCUT2D eigenvalue weighted by Gasteiger charge is -2.09. The Morgan fingerprint density at radius 3 is 2.71 bits per heavy atom. The molecule has 1 aromatic rings. The van der Waals surface area contributed by atoms with Crippen LogP contribution in [0.2, 0.25) is 0 Å². The van der Waals surface area contributed by atoms with Crippen molar-refractivity contribution in [2.45, 2.75) is 24.3 Å². The molecule has 0 aliphatic heterocycles. The predicted octanol–water partition coefficient (Wildman–Crippen LogP) is 1.01. The average Bonchev–Trinajstić information content (AvgIpc) is 3.10. The number of halogens is 1. The molecule has 17 heavy (non-hydrogen) atoms. The molecule has 2 rings (SSSR count). The Balaban J connectivity index is 2.26. The van der Waals surface area contributed by atoms with Crippen LogP contribution in [0, 0.1) is 11.7 Å². The first-order chi connectivity index (χ1) is 8.03. The third-order valence-electron chi connectivity index (χ3n) is 2.75. The second-order valence-electron chi connectivity index (χ2n) is 4.21. The van der Waals surface area contributed by atoms with Crippen molar-refractivity contribution in [1.29, 1.82) is 0 Å². The molecule has 1 aliphatic carbocycles. The van der Waals surface area contributed by atoms with E-state index in [1.165, 1.54) is 6.07 Å². The van der Waals surface area contributed by atoms with Gasteiger partial charge in [-0.05, 0) is 36.5 Å². The molecule has 0 atom stereocenters. The van der Waals surface area contributed by atoms with Gasteiger partial charge in [0, 0.05) is 6.54 Å². The average molecular weight is 259 g/mol. The summed E-state index contributed by atoms with van der Waals surface area (Å²) in [4.78, 5) is -0.180. The van der Waals surface area contributed by atoms with Crippen LogP contribution in [-0.4, -0.2) is 20.1 Å². The fourth-order valence-corrected chi connectivity index (χ4v) is 2.89. The summed E-state index contributed by atoms with van der Waals surface area (Å²) in [7, 11) is -3.73. The van der Waals surface area contributed by atoms with E-state index in [9.17, 15) is 12.8 Å². The number of nitrogens with one attached hydrogen (secondary N) is 1. The van der Waals surface area contributed by atoms with Crippen LogP contribution in [0.4, 0.5) is 4.39 Å². The molecule has 0 bridgehead atoms. The van der Waals surface area contributed by atoms with Gasteiger partial charge in [-0.3, -0.25) is 0 Å². The molecular formula is C11H14FNO3S. The monoisotopic (exact) mass is 259 g/mol. The maximum Gasteiger partial charge on any atom is 0.241 e. The quantitative estimate of drug-likeness (QED) is 0.829. The van der Waals surface area contributed by atoms with Crippen molar-refractivity contribution in [2.75, 3.05) is 6.54 Å². The van der Waals surface area contributed by atoms with Crippen LogP contribution in [0.3, 0.4) is 0 Å². The molecular weight excluding hydrogens is 245 g/mol. The number of hydrogen-bond donors (Lipinski definition) is 2. The van der Waals surface area contributed by atoms with Crippen molar-refractivity contribution in [3.8, 4) is 0 Å². The summed E-state index contributed by atoms with van der Waals surface area (Å²) in [6.45, 7) is -0.0519. The van der Waals surface area contributed by atoms with E-state index >= 15 is 0 Å². The Morgan fingerprint density at radius 1 is 1.41 bits per heavy atom. The van der Waals surface area contributed by atoms with Crippen LogP contribution in [0.1, 0.15) is 18.4 Å². The Kier molecular flexibility index (Phi) is 3.46. The van der Waals surface area contributed by atoms with Gasteiger partial charge in [-0.1, -0.05) is 6.07 Å². The van der Waals surface area contributed by atoms with Gasteiger partial charge in [0.25, 0.3) is 0 Å². The highest BCUT2D eigenvalue weighted by atomic mass is 32.2. The van der Waals surface area contributed by atoms with Crippen LogP contribution in [0.5, 0.6) is 0 Å². The number of aliphatic hydroxyl groups excluding tert-OH is 1. The number of benzene rings is 1. The summed E-state index contributed by atoms with van der Waals surface area (Å²) in [6.07, 6.45) is 2.05. The topological polar surface area (TPSA) is 66.4 Å². The first kappa shape index (κ1) is 12.5. The number of rotatable bonds is 5. The first-order valence-corrected chi connectivity index (χ1v) is 6.90. The molecule has 1 fully saturated rings. The Hall–Kier alpha value is -0.980. The van der Waals surface area contributed by atoms with Crippen molar-refractivity contribution < 1.29 is 17.9 Å². The molecule has 0 spiro atoms. The molecule has 2 N–H and O–H groups in total. The molecule has 0 heterocycles. The molecule has 94 valence electrons. The van der Waals surface area contributed by atoms with Crippen LogP contribution >= 0.6 is 0 Å². The summed E-state index contributed by atoms with van der Waals surface area (Å²) in [5.41, 5.74) is 0.203. The third kappa shape index (κ3) is 3.02. The molecule has 0 saturated heterocycles. The molecule has 0 amide bonds. The zero-order valence-corrected chi connectivity index (χ0v) is 10.0. The maximum atomic E-state index is 13.1. The standard InChI is InChI=1S/C11H14FNO3S/c12-10-4-3-9(7-14)11(5-10)17(15,16)13-6-8-1-2-8/h3-5,8,13-14H,1-2,6-7H2. The zero-order chi connectivity index (χ0) is 12.5. The van der Waals surface area contributed by atoms with Crippen LogP contribution in [0.15, 0.2) is 23.1 Å². The SMILES string of the molecule is O=S(=O)(NCC1CC1)c1cc(F)ccc1CO. The van der Waals surface area contributed by atoms with Gasteiger partial charge in [0.1, 0.15) is 5.82 Å². The van der Waals surface area contributed by atoms with Crippen LogP contribution in [0.25, 0.3) is 0 Å². The number of aliphatic hydroxyl groups is 1. The van der Waals surface area contributed by atoms with Crippen LogP contribution < -0.4 is 4.72 Å². The van der Waals surface area contributed by atoms with Gasteiger partial charge >= 0.3 is 0 Å². The minimum absolute atomic E-state index is 0.180. The van der Waals surface area contributed by atoms with E-state index in [0.717, 1.165) is 25.0 Å². The molecule has 1 aliphatic rings. The van der Waals surface area contributed by atoms with E-state index < -0.39 is 22.4 Å². The first-order valence-electron chi connectivity index (χ1n) is 5.42. The second-order valence-corrected chi connectivity index (χ2v) is 5.94. The summed E-state index contributed by atoms with van der Waals surface area (Å²) < 4.78 is 39.3. The molecule has 1 aromatic carbocycles. The van der Waals surface area contributed by atoms with Gasteiger partial charge in [-0.2, -0.15) is 0 Å². The minimum atomic E-state index is -3.73. The maximum absolute atomic E-state index is 13.1. The fraction of sp³-hybridized carbons (Fsp3) is 0.455. The van der Waals surface area contributed by atoms with Gasteiger partial charge < -0.3 is 5.11 Å². The number of sulfonamides is 1. The largest absolute Gasteiger partial charge is 0.392 e. The van der Waals surface area contributed by atoms with Gasteiger partial charge in [-0.25, -0.2) is 17.5 Å². The van der Waals surface area contributed by atoms with Crippen molar-refractivity contribution in [3.63, 3.8) is 0 Å². The predicted molar refractivity (Wildman–Crippen MR) is 60.2 cm³/mol. The Morgan fingerprint density at radius 2 is 2.12 bits per heavy atom. The minimum Gasteiger partial charge on any atom is -0.392 e. The van der Waals surface area contributed by atoms with Crippen molar-refractivity contribution in [1.82, 2.24) is 4.72 Å². The highest BCUT2D eigenvalue weighted by Crippen LogP contribution is 2.28. The summed E-state index contributed by atoms with van der Waals surface area (Å²) >= 11 is 0. The lowest BCUT2D eigenvalue weighted by molar-refractivity contribution is 0.278. The van der Waals surface area contributed by atoms with Gasteiger partial charge in [0.2, 0.25) is 10.0 Å². The third-order valence-corrected chi connectivity index (χ3v) is 4.25. The fourth-order valence-electron chi connectivity index (χ4n) is 1.54. The molecule has 0 radical (unpaired) electrons. The summed E-state index contributed by atoms with van der Waals surface area (Å²) in [5, 5.41) is 9.05. The second kappa shape index (κ2) is 4.72. The van der Waals surface area contributed by atoms with E-state index in [4.69, 9.17) is 5.11 Å². The molecule has 0 aromatic heterocycles. The van der Waals surface area contributed by atoms with E-state index in [2.05, 4.69) is 4.72 Å². The van der Waals surface area contributed by atoms with Crippen LogP contribution in [-0.2, 0) is 16.6 Å². The van der Waals surface area contributed by atoms with E-state index in [-0.39, 0.29) is 10.5 Å². The lowest BCUT2D eigenvalue weighted by Crippen LogP contribution is -2.27. The zero-order valence-electron chi connectivity index (χ0n) is 9.19. The summed E-state index contributed by atoms with van der Waals surface area (Å²) in [6, 6.07) is 3.34. The molecule has 4 nitrogen and oxygen atoms in total. The van der Waals surface area contributed by atoms with Gasteiger partial charge in [-0.15, -0.1) is 0 Å². The highest BCUT2D eigenvalue weighted by molar-refractivity contribution is 7.89. The van der Waals surface area contributed by atoms with Crippen molar-refractivity contribution in [3.05, 3.63) is 29.6 Å². The lowest BCUT2D eigenvalue weighted by atomic mass is 10.2. The molecule has 1 saturated carbocycles. The van der Waals surface area contributed by atoms with Gasteiger partial charge in [0.05, 0.1) is 11.5 Å². The Labute approximate surface area is 99.5 Å². The highest BCUT2D eigenvalue weighted by Gasteiger charge is 2.25. The normalized spacial score (nSPS) is 16.1. The van der Waals surface area contributed by atoms with E-state index in [0.29, 0.717) is 12.5 Å². The summed E-state index contributed by atoms with van der Waals surface area (Å²) in [5.74, 6) is -0.232. The van der Waals surface area contributed by atoms with Crippen molar-refractivity contribution >= 4 is 10.0 Å². The van der Waals surface area contributed by atoms with Crippen molar-refractivity contribution in [2.24, 2.45) is 5.92 Å². The van der Waals surface area contributed by atoms with Gasteiger partial charge in [0.15, 0.2) is 0 Å². The molecule has 0 unspecified atom stereocenters. The van der Waals surface area contributed by atoms with E-state index in [1.54, 1.807) is 0 Å². The number of hydrogen-bond acceptors (Lipinski definition) is 3. The molecule has 6 heteroatoms. The smallest absolute Gasteiger partial charge is 0.241 e. The van der Waals surface area contributed by atoms with E-state index in [1.807, 2.05) is 0 Å².